The van der Waals surface area contributed by atoms with E-state index in [-0.39, 0.29) is 6.09 Å². The van der Waals surface area contributed by atoms with Crippen LogP contribution in [0.3, 0.4) is 0 Å². The number of hydrogen-bond donors (Lipinski definition) is 0. The molecule has 0 aromatic rings. The Morgan fingerprint density at radius 1 is 1.25 bits per heavy atom. The predicted octanol–water partition coefficient (Wildman–Crippen LogP) is 2.67. The van der Waals surface area contributed by atoms with Gasteiger partial charge in [0.25, 0.3) is 0 Å². The van der Waals surface area contributed by atoms with E-state index in [0.717, 1.165) is 19.3 Å². The molecule has 1 amide bonds. The molecule has 0 aromatic carbocycles. The number of hydrogen-bond acceptors (Lipinski definition) is 3. The Morgan fingerprint density at radius 3 is 2.44 bits per heavy atom. The molecular formula is C12H25NO3. The minimum atomic E-state index is -0.190. The van der Waals surface area contributed by atoms with Crippen LogP contribution in [-0.4, -0.2) is 43.9 Å². The Morgan fingerprint density at radius 2 is 1.88 bits per heavy atom. The fraction of sp³-hybridized carbons (Fsp3) is 0.917. The van der Waals surface area contributed by atoms with Gasteiger partial charge in [-0.2, -0.15) is 0 Å². The number of ether oxygens (including phenoxy) is 2. The van der Waals surface area contributed by atoms with Crippen molar-refractivity contribution in [2.75, 3.05) is 32.9 Å². The molecule has 1 saturated heterocycles. The Kier molecular flexibility index (Phi) is 10.2. The normalized spacial score (nSPS) is 15.1. The van der Waals surface area contributed by atoms with E-state index >= 15 is 0 Å². The number of nitrogens with zero attached hydrogens (tertiary/aromatic N) is 1. The van der Waals surface area contributed by atoms with Crippen LogP contribution in [0.25, 0.3) is 0 Å². The monoisotopic (exact) mass is 231 g/mol. The zero-order valence-electron chi connectivity index (χ0n) is 10.8. The molecule has 0 spiro atoms. The van der Waals surface area contributed by atoms with Crippen molar-refractivity contribution < 1.29 is 14.3 Å². The topological polar surface area (TPSA) is 38.8 Å². The molecule has 0 radical (unpaired) electrons. The van der Waals surface area contributed by atoms with Gasteiger partial charge in [0.1, 0.15) is 0 Å². The maximum Gasteiger partial charge on any atom is 0.409 e. The Bertz CT molecular complexity index is 168. The standard InChI is InChI=1S/C10H19NO3.C2H6/c1-2-3-4-7-14-10(12)11-5-8-13-9-6-11;1-2/h2-9H2,1H3;1-2H3. The summed E-state index contributed by atoms with van der Waals surface area (Å²) in [6.07, 6.45) is 3.04. The van der Waals surface area contributed by atoms with Gasteiger partial charge in [0.15, 0.2) is 0 Å². The Labute approximate surface area is 98.9 Å². The van der Waals surface area contributed by atoms with Gasteiger partial charge in [-0.1, -0.05) is 33.6 Å². The van der Waals surface area contributed by atoms with E-state index in [4.69, 9.17) is 9.47 Å². The largest absolute Gasteiger partial charge is 0.449 e. The first-order chi connectivity index (χ1) is 7.84. The van der Waals surface area contributed by atoms with E-state index < -0.39 is 0 Å². The number of rotatable bonds is 4. The molecule has 0 atom stereocenters. The molecule has 4 nitrogen and oxygen atoms in total. The molecular weight excluding hydrogens is 206 g/mol. The van der Waals surface area contributed by atoms with Crippen molar-refractivity contribution in [3.05, 3.63) is 0 Å². The molecule has 1 fully saturated rings. The van der Waals surface area contributed by atoms with Crippen molar-refractivity contribution in [2.24, 2.45) is 0 Å². The highest BCUT2D eigenvalue weighted by Gasteiger charge is 2.17. The molecule has 1 aliphatic heterocycles. The third-order valence-corrected chi connectivity index (χ3v) is 2.24. The molecule has 96 valence electrons. The van der Waals surface area contributed by atoms with Gasteiger partial charge in [0.05, 0.1) is 19.8 Å². The van der Waals surface area contributed by atoms with Crippen LogP contribution in [-0.2, 0) is 9.47 Å². The second-order valence-corrected chi connectivity index (χ2v) is 3.42. The van der Waals surface area contributed by atoms with E-state index in [0.29, 0.717) is 32.9 Å². The van der Waals surface area contributed by atoms with Gasteiger partial charge in [-0.15, -0.1) is 0 Å². The minimum Gasteiger partial charge on any atom is -0.449 e. The van der Waals surface area contributed by atoms with Crippen molar-refractivity contribution in [1.82, 2.24) is 4.90 Å². The number of carbonyl (C=O) groups excluding carboxylic acids is 1. The van der Waals surface area contributed by atoms with Gasteiger partial charge < -0.3 is 14.4 Å². The van der Waals surface area contributed by atoms with Crippen molar-refractivity contribution in [2.45, 2.75) is 40.0 Å². The zero-order valence-corrected chi connectivity index (χ0v) is 10.8. The lowest BCUT2D eigenvalue weighted by molar-refractivity contribution is 0.0268. The summed E-state index contributed by atoms with van der Waals surface area (Å²) < 4.78 is 10.3. The Hall–Kier alpha value is -0.770. The van der Waals surface area contributed by atoms with Gasteiger partial charge in [-0.05, 0) is 6.42 Å². The highest BCUT2D eigenvalue weighted by molar-refractivity contribution is 5.67. The second-order valence-electron chi connectivity index (χ2n) is 3.42. The lowest BCUT2D eigenvalue weighted by atomic mass is 10.3. The fourth-order valence-corrected chi connectivity index (χ4v) is 1.35. The second kappa shape index (κ2) is 10.7. The molecule has 0 aromatic heterocycles. The van der Waals surface area contributed by atoms with Gasteiger partial charge >= 0.3 is 6.09 Å². The summed E-state index contributed by atoms with van der Waals surface area (Å²) in [7, 11) is 0. The Balaban J connectivity index is 0.00000106. The number of amides is 1. The van der Waals surface area contributed by atoms with Crippen molar-refractivity contribution in [3.8, 4) is 0 Å². The van der Waals surface area contributed by atoms with Crippen LogP contribution in [0.5, 0.6) is 0 Å². The van der Waals surface area contributed by atoms with Crippen LogP contribution >= 0.6 is 0 Å². The number of carbonyl (C=O) groups is 1. The van der Waals surface area contributed by atoms with Crippen LogP contribution in [0.15, 0.2) is 0 Å². The summed E-state index contributed by atoms with van der Waals surface area (Å²) in [5.74, 6) is 0. The van der Waals surface area contributed by atoms with E-state index in [1.54, 1.807) is 4.90 Å². The van der Waals surface area contributed by atoms with Gasteiger partial charge in [0, 0.05) is 13.1 Å². The third-order valence-electron chi connectivity index (χ3n) is 2.24. The molecule has 0 bridgehead atoms. The van der Waals surface area contributed by atoms with Crippen molar-refractivity contribution in [3.63, 3.8) is 0 Å². The first-order valence-corrected chi connectivity index (χ1v) is 6.34. The molecule has 1 rings (SSSR count). The molecule has 1 heterocycles. The first kappa shape index (κ1) is 15.2. The highest BCUT2D eigenvalue weighted by atomic mass is 16.6. The van der Waals surface area contributed by atoms with Crippen LogP contribution < -0.4 is 0 Å². The average molecular weight is 231 g/mol. The zero-order chi connectivity index (χ0) is 12.2. The lowest BCUT2D eigenvalue weighted by Crippen LogP contribution is -2.41. The average Bonchev–Trinajstić information content (AvgIpc) is 2.38. The summed E-state index contributed by atoms with van der Waals surface area (Å²) in [5.41, 5.74) is 0. The van der Waals surface area contributed by atoms with Crippen LogP contribution in [0, 0.1) is 0 Å². The van der Waals surface area contributed by atoms with Gasteiger partial charge in [-0.25, -0.2) is 4.79 Å². The third kappa shape index (κ3) is 6.67. The van der Waals surface area contributed by atoms with E-state index in [9.17, 15) is 4.79 Å². The summed E-state index contributed by atoms with van der Waals surface area (Å²) in [5, 5.41) is 0. The van der Waals surface area contributed by atoms with E-state index in [1.807, 2.05) is 13.8 Å². The molecule has 1 aliphatic rings. The fourth-order valence-electron chi connectivity index (χ4n) is 1.35. The number of unbranched alkanes of at least 4 members (excludes halogenated alkanes) is 2. The summed E-state index contributed by atoms with van der Waals surface area (Å²) in [6.45, 7) is 9.25. The van der Waals surface area contributed by atoms with E-state index in [1.165, 1.54) is 0 Å². The van der Waals surface area contributed by atoms with Gasteiger partial charge in [0.2, 0.25) is 0 Å². The maximum absolute atomic E-state index is 11.4. The van der Waals surface area contributed by atoms with Crippen LogP contribution in [0.2, 0.25) is 0 Å². The van der Waals surface area contributed by atoms with Crippen LogP contribution in [0.4, 0.5) is 4.79 Å². The summed E-state index contributed by atoms with van der Waals surface area (Å²) in [6, 6.07) is 0. The molecule has 0 unspecified atom stereocenters. The molecule has 0 aliphatic carbocycles. The quantitative estimate of drug-likeness (QED) is 0.698. The minimum absolute atomic E-state index is 0.190. The van der Waals surface area contributed by atoms with E-state index in [2.05, 4.69) is 6.92 Å². The smallest absolute Gasteiger partial charge is 0.409 e. The van der Waals surface area contributed by atoms with Gasteiger partial charge in [-0.3, -0.25) is 0 Å². The lowest BCUT2D eigenvalue weighted by Gasteiger charge is -2.25. The van der Waals surface area contributed by atoms with Crippen molar-refractivity contribution >= 4 is 6.09 Å². The highest BCUT2D eigenvalue weighted by Crippen LogP contribution is 2.01. The summed E-state index contributed by atoms with van der Waals surface area (Å²) in [4.78, 5) is 13.1. The first-order valence-electron chi connectivity index (χ1n) is 6.34. The molecule has 0 saturated carbocycles. The number of morpholine rings is 1. The van der Waals surface area contributed by atoms with Crippen molar-refractivity contribution in [1.29, 1.82) is 0 Å². The predicted molar refractivity (Wildman–Crippen MR) is 64.6 cm³/mol. The van der Waals surface area contributed by atoms with Crippen LogP contribution in [0.1, 0.15) is 40.0 Å². The SMILES string of the molecule is CC.CCCCCOC(=O)N1CCOCC1. The molecule has 4 heteroatoms. The maximum atomic E-state index is 11.4. The molecule has 0 N–H and O–H groups in total. The summed E-state index contributed by atoms with van der Waals surface area (Å²) >= 11 is 0. The molecule has 16 heavy (non-hydrogen) atoms.